The zero-order chi connectivity index (χ0) is 15.0. The molecule has 0 saturated carbocycles. The van der Waals surface area contributed by atoms with Crippen molar-refractivity contribution in [1.82, 2.24) is 14.9 Å². The Morgan fingerprint density at radius 3 is 2.81 bits per heavy atom. The second kappa shape index (κ2) is 5.12. The third kappa shape index (κ3) is 2.22. The van der Waals surface area contributed by atoms with Crippen molar-refractivity contribution in [3.8, 4) is 0 Å². The van der Waals surface area contributed by atoms with Crippen molar-refractivity contribution < 1.29 is 14.7 Å². The third-order valence-corrected chi connectivity index (χ3v) is 3.94. The highest BCUT2D eigenvalue weighted by Gasteiger charge is 2.40. The molecule has 3 rings (SSSR count). The van der Waals surface area contributed by atoms with Gasteiger partial charge in [0.1, 0.15) is 11.6 Å². The summed E-state index contributed by atoms with van der Waals surface area (Å²) < 4.78 is 0. The standard InChI is InChI=1S/C15H15N3O3/c1-9-5-8-18(13(9)15(20)21)14(19)10-3-2-4-11-12(10)17-7-6-16-11/h2-4,6-7,9,13H,5,8H2,1H3,(H,20,21). The monoisotopic (exact) mass is 285 g/mol. The SMILES string of the molecule is CC1CCN(C(=O)c2cccc3nccnc23)C1C(=O)O. The molecule has 0 spiro atoms. The molecule has 108 valence electrons. The van der Waals surface area contributed by atoms with Crippen molar-refractivity contribution in [3.63, 3.8) is 0 Å². The number of carboxylic acid groups (broad SMARTS) is 1. The van der Waals surface area contributed by atoms with Gasteiger partial charge in [-0.05, 0) is 24.5 Å². The topological polar surface area (TPSA) is 83.4 Å². The first-order valence-electron chi connectivity index (χ1n) is 6.83. The maximum Gasteiger partial charge on any atom is 0.326 e. The Labute approximate surface area is 121 Å². The Morgan fingerprint density at radius 1 is 1.29 bits per heavy atom. The third-order valence-electron chi connectivity index (χ3n) is 3.94. The second-order valence-corrected chi connectivity index (χ2v) is 5.28. The Morgan fingerprint density at radius 2 is 2.05 bits per heavy atom. The van der Waals surface area contributed by atoms with Gasteiger partial charge in [0, 0.05) is 18.9 Å². The molecule has 2 aromatic rings. The number of carbonyl (C=O) groups is 2. The number of rotatable bonds is 2. The van der Waals surface area contributed by atoms with Crippen LogP contribution in [0.15, 0.2) is 30.6 Å². The van der Waals surface area contributed by atoms with Crippen molar-refractivity contribution in [1.29, 1.82) is 0 Å². The smallest absolute Gasteiger partial charge is 0.326 e. The molecule has 21 heavy (non-hydrogen) atoms. The number of fused-ring (bicyclic) bond motifs is 1. The lowest BCUT2D eigenvalue weighted by Gasteiger charge is -2.23. The summed E-state index contributed by atoms with van der Waals surface area (Å²) >= 11 is 0. The maximum atomic E-state index is 12.7. The summed E-state index contributed by atoms with van der Waals surface area (Å²) in [6.07, 6.45) is 3.79. The first-order valence-corrected chi connectivity index (χ1v) is 6.83. The van der Waals surface area contributed by atoms with Gasteiger partial charge in [0.25, 0.3) is 5.91 Å². The van der Waals surface area contributed by atoms with E-state index in [1.54, 1.807) is 24.4 Å². The Kier molecular flexibility index (Phi) is 3.29. The lowest BCUT2D eigenvalue weighted by atomic mass is 10.0. The van der Waals surface area contributed by atoms with E-state index in [1.165, 1.54) is 11.1 Å². The van der Waals surface area contributed by atoms with Crippen LogP contribution in [-0.4, -0.2) is 44.4 Å². The summed E-state index contributed by atoms with van der Waals surface area (Å²) in [5.74, 6) is -1.30. The normalized spacial score (nSPS) is 21.7. The van der Waals surface area contributed by atoms with E-state index >= 15 is 0 Å². The van der Waals surface area contributed by atoms with Gasteiger partial charge in [-0.3, -0.25) is 14.8 Å². The van der Waals surface area contributed by atoms with Crippen molar-refractivity contribution >= 4 is 22.9 Å². The highest BCUT2D eigenvalue weighted by Crippen LogP contribution is 2.27. The van der Waals surface area contributed by atoms with E-state index < -0.39 is 12.0 Å². The molecule has 0 radical (unpaired) electrons. The van der Waals surface area contributed by atoms with Crippen molar-refractivity contribution in [2.75, 3.05) is 6.54 Å². The van der Waals surface area contributed by atoms with Gasteiger partial charge in [0.05, 0.1) is 11.1 Å². The molecule has 1 aliphatic heterocycles. The second-order valence-electron chi connectivity index (χ2n) is 5.28. The minimum Gasteiger partial charge on any atom is -0.480 e. The van der Waals surface area contributed by atoms with Gasteiger partial charge in [-0.15, -0.1) is 0 Å². The van der Waals surface area contributed by atoms with Crippen LogP contribution in [0.4, 0.5) is 0 Å². The van der Waals surface area contributed by atoms with Crippen LogP contribution in [0.1, 0.15) is 23.7 Å². The Hall–Kier alpha value is -2.50. The molecule has 1 aromatic carbocycles. The van der Waals surface area contributed by atoms with Crippen LogP contribution in [0.2, 0.25) is 0 Å². The minimum absolute atomic E-state index is 0.0486. The summed E-state index contributed by atoms with van der Waals surface area (Å²) in [4.78, 5) is 33.9. The molecule has 2 atom stereocenters. The van der Waals surface area contributed by atoms with Crippen molar-refractivity contribution in [2.24, 2.45) is 5.92 Å². The number of hydrogen-bond donors (Lipinski definition) is 1. The molecule has 1 fully saturated rings. The van der Waals surface area contributed by atoms with Crippen molar-refractivity contribution in [2.45, 2.75) is 19.4 Å². The lowest BCUT2D eigenvalue weighted by molar-refractivity contribution is -0.142. The molecule has 2 heterocycles. The number of amides is 1. The van der Waals surface area contributed by atoms with Crippen LogP contribution in [-0.2, 0) is 4.79 Å². The summed E-state index contributed by atoms with van der Waals surface area (Å²) in [5, 5.41) is 9.34. The molecular weight excluding hydrogens is 270 g/mol. The molecule has 2 unspecified atom stereocenters. The van der Waals surface area contributed by atoms with E-state index in [0.717, 1.165) is 0 Å². The van der Waals surface area contributed by atoms with Gasteiger partial charge in [0.15, 0.2) is 0 Å². The fourth-order valence-corrected chi connectivity index (χ4v) is 2.87. The quantitative estimate of drug-likeness (QED) is 0.905. The molecule has 0 bridgehead atoms. The first kappa shape index (κ1) is 13.5. The summed E-state index contributed by atoms with van der Waals surface area (Å²) in [6.45, 7) is 2.31. The van der Waals surface area contributed by atoms with Crippen LogP contribution in [0.25, 0.3) is 11.0 Å². The number of para-hydroxylation sites is 1. The number of aromatic nitrogens is 2. The molecule has 6 heteroatoms. The molecule has 6 nitrogen and oxygen atoms in total. The molecule has 1 amide bonds. The van der Waals surface area contributed by atoms with Crippen LogP contribution >= 0.6 is 0 Å². The highest BCUT2D eigenvalue weighted by atomic mass is 16.4. The molecule has 1 aliphatic rings. The lowest BCUT2D eigenvalue weighted by Crippen LogP contribution is -2.42. The van der Waals surface area contributed by atoms with Gasteiger partial charge >= 0.3 is 5.97 Å². The van der Waals surface area contributed by atoms with Gasteiger partial charge in [-0.25, -0.2) is 4.79 Å². The fraction of sp³-hybridized carbons (Fsp3) is 0.333. The van der Waals surface area contributed by atoms with Crippen molar-refractivity contribution in [3.05, 3.63) is 36.2 Å². The van der Waals surface area contributed by atoms with E-state index in [0.29, 0.717) is 29.6 Å². The van der Waals surface area contributed by atoms with E-state index in [9.17, 15) is 14.7 Å². The predicted octanol–water partition coefficient (Wildman–Crippen LogP) is 1.56. The number of carboxylic acids is 1. The maximum absolute atomic E-state index is 12.7. The Balaban J connectivity index is 2.03. The molecule has 1 aromatic heterocycles. The van der Waals surface area contributed by atoms with Gasteiger partial charge in [0.2, 0.25) is 0 Å². The van der Waals surface area contributed by atoms with Gasteiger partial charge in [-0.1, -0.05) is 13.0 Å². The van der Waals surface area contributed by atoms with E-state index in [-0.39, 0.29) is 11.8 Å². The average molecular weight is 285 g/mol. The summed E-state index contributed by atoms with van der Waals surface area (Å²) in [7, 11) is 0. The largest absolute Gasteiger partial charge is 0.480 e. The van der Waals surface area contributed by atoms with E-state index in [1.807, 2.05) is 6.92 Å². The Bertz CT molecular complexity index is 711. The zero-order valence-corrected chi connectivity index (χ0v) is 11.6. The molecule has 0 aliphatic carbocycles. The number of aliphatic carboxylic acids is 1. The molecule has 1 saturated heterocycles. The van der Waals surface area contributed by atoms with Gasteiger partial charge in [-0.2, -0.15) is 0 Å². The predicted molar refractivity (Wildman–Crippen MR) is 75.8 cm³/mol. The summed E-state index contributed by atoms with van der Waals surface area (Å²) in [5.41, 5.74) is 1.54. The van der Waals surface area contributed by atoms with E-state index in [2.05, 4.69) is 9.97 Å². The van der Waals surface area contributed by atoms with Gasteiger partial charge < -0.3 is 10.0 Å². The van der Waals surface area contributed by atoms with Crippen LogP contribution < -0.4 is 0 Å². The molecular formula is C15H15N3O3. The van der Waals surface area contributed by atoms with E-state index in [4.69, 9.17) is 0 Å². The minimum atomic E-state index is -0.959. The number of carbonyl (C=O) groups excluding carboxylic acids is 1. The number of benzene rings is 1. The zero-order valence-electron chi connectivity index (χ0n) is 11.6. The van der Waals surface area contributed by atoms with Crippen LogP contribution in [0.5, 0.6) is 0 Å². The highest BCUT2D eigenvalue weighted by molar-refractivity contribution is 6.05. The number of nitrogens with zero attached hydrogens (tertiary/aromatic N) is 3. The summed E-state index contributed by atoms with van der Waals surface area (Å²) in [6, 6.07) is 4.41. The first-order chi connectivity index (χ1) is 10.1. The number of hydrogen-bond acceptors (Lipinski definition) is 4. The van der Waals surface area contributed by atoms with Crippen LogP contribution in [0, 0.1) is 5.92 Å². The fourth-order valence-electron chi connectivity index (χ4n) is 2.87. The molecule has 1 N–H and O–H groups in total. The van der Waals surface area contributed by atoms with Crippen LogP contribution in [0.3, 0.4) is 0 Å². The average Bonchev–Trinajstić information content (AvgIpc) is 2.88. The number of likely N-dealkylation sites (tertiary alicyclic amines) is 1.